The summed E-state index contributed by atoms with van der Waals surface area (Å²) in [5, 5.41) is 21.5. The Kier molecular flexibility index (Phi) is 6.62. The maximum atomic E-state index is 12.3. The number of benzene rings is 1. The summed E-state index contributed by atoms with van der Waals surface area (Å²) in [6.45, 7) is 5.63. The molecular weight excluding hydrogens is 328 g/mol. The van der Waals surface area contributed by atoms with Gasteiger partial charge in [0.1, 0.15) is 11.6 Å². The van der Waals surface area contributed by atoms with Gasteiger partial charge < -0.3 is 15.3 Å². The molecule has 1 aliphatic rings. The van der Waals surface area contributed by atoms with Gasteiger partial charge in [0.15, 0.2) is 0 Å². The van der Waals surface area contributed by atoms with Crippen LogP contribution in [0.25, 0.3) is 0 Å². The molecular formula is C17H21ClN4O2. The zero-order chi connectivity index (χ0) is 17.5. The molecule has 1 amide bonds. The van der Waals surface area contributed by atoms with Crippen molar-refractivity contribution < 1.29 is 9.90 Å². The summed E-state index contributed by atoms with van der Waals surface area (Å²) < 4.78 is 0. The van der Waals surface area contributed by atoms with Gasteiger partial charge in [0, 0.05) is 49.6 Å². The molecule has 0 unspecified atom stereocenters. The minimum atomic E-state index is -0.444. The molecule has 0 bridgehead atoms. The average Bonchev–Trinajstić information content (AvgIpc) is 2.58. The first-order chi connectivity index (χ1) is 11.5. The second-order valence-corrected chi connectivity index (χ2v) is 6.03. The van der Waals surface area contributed by atoms with Gasteiger partial charge >= 0.3 is 0 Å². The molecule has 1 aliphatic heterocycles. The molecule has 2 N–H and O–H groups in total. The van der Waals surface area contributed by atoms with E-state index in [1.807, 2.05) is 17.9 Å². The summed E-state index contributed by atoms with van der Waals surface area (Å²) in [7, 11) is 0. The van der Waals surface area contributed by atoms with Crippen LogP contribution in [-0.4, -0.2) is 60.1 Å². The first kappa shape index (κ1) is 18.3. The van der Waals surface area contributed by atoms with E-state index in [1.165, 1.54) is 0 Å². The zero-order valence-electron chi connectivity index (χ0n) is 13.6. The van der Waals surface area contributed by atoms with Gasteiger partial charge in [0.2, 0.25) is 0 Å². The Hall–Kier alpha value is -2.07. The van der Waals surface area contributed by atoms with Crippen molar-refractivity contribution in [3.63, 3.8) is 0 Å². The number of rotatable bonds is 5. The number of nitrogens with one attached hydrogen (secondary N) is 1. The predicted octanol–water partition coefficient (Wildman–Crippen LogP) is 1.60. The van der Waals surface area contributed by atoms with Gasteiger partial charge in [0.25, 0.3) is 5.91 Å². The smallest absolute Gasteiger partial charge is 0.267 e. The maximum Gasteiger partial charge on any atom is 0.267 e. The van der Waals surface area contributed by atoms with Gasteiger partial charge in [-0.15, -0.1) is 0 Å². The molecule has 1 saturated heterocycles. The number of aliphatic hydroxyl groups excluding tert-OH is 1. The fourth-order valence-corrected chi connectivity index (χ4v) is 2.69. The minimum absolute atomic E-state index is 0.0602. The number of halogens is 1. The second kappa shape index (κ2) is 8.69. The van der Waals surface area contributed by atoms with Crippen molar-refractivity contribution in [2.24, 2.45) is 0 Å². The third-order valence-electron chi connectivity index (χ3n) is 4.02. The van der Waals surface area contributed by atoms with E-state index in [-0.39, 0.29) is 12.2 Å². The number of hydrogen-bond acceptors (Lipinski definition) is 5. The number of carbonyl (C=O) groups excluding carboxylic acids is 1. The van der Waals surface area contributed by atoms with Crippen molar-refractivity contribution in [3.8, 4) is 6.07 Å². The number of hydrogen-bond donors (Lipinski definition) is 2. The number of β-amino-alcohol motifs (C(OH)–C–C–N with tert-alkyl or cyclic N) is 1. The normalized spacial score (nSPS) is 15.9. The number of piperazine rings is 1. The van der Waals surface area contributed by atoms with E-state index in [2.05, 4.69) is 10.2 Å². The topological polar surface area (TPSA) is 79.6 Å². The van der Waals surface area contributed by atoms with Crippen LogP contribution in [0.3, 0.4) is 0 Å². The van der Waals surface area contributed by atoms with Crippen LogP contribution in [0.4, 0.5) is 5.69 Å². The quantitative estimate of drug-likeness (QED) is 0.624. The van der Waals surface area contributed by atoms with E-state index in [1.54, 1.807) is 24.4 Å². The lowest BCUT2D eigenvalue weighted by molar-refractivity contribution is -0.112. The van der Waals surface area contributed by atoms with Crippen LogP contribution in [0.2, 0.25) is 5.02 Å². The second-order valence-electron chi connectivity index (χ2n) is 5.62. The summed E-state index contributed by atoms with van der Waals surface area (Å²) in [5.74, 6) is -0.444. The molecule has 1 aromatic rings. The molecule has 0 aromatic heterocycles. The molecule has 1 heterocycles. The Morgan fingerprint density at radius 1 is 1.42 bits per heavy atom. The van der Waals surface area contributed by atoms with Crippen molar-refractivity contribution in [2.75, 3.05) is 44.6 Å². The van der Waals surface area contributed by atoms with Gasteiger partial charge in [-0.05, 0) is 24.6 Å². The first-order valence-electron chi connectivity index (χ1n) is 7.80. The fourth-order valence-electron chi connectivity index (χ4n) is 2.51. The largest absolute Gasteiger partial charge is 0.395 e. The predicted molar refractivity (Wildman–Crippen MR) is 93.6 cm³/mol. The van der Waals surface area contributed by atoms with E-state index < -0.39 is 5.91 Å². The molecule has 24 heavy (non-hydrogen) atoms. The molecule has 0 aliphatic carbocycles. The standard InChI is InChI=1S/C17H21ClN4O2/c1-13-15(18)3-2-4-16(13)20-17(24)14(11-19)12-22-7-5-21(6-8-22)9-10-23/h2-4,12,23H,5-10H2,1H3,(H,20,24)/b14-12-. The van der Waals surface area contributed by atoms with Crippen LogP contribution >= 0.6 is 11.6 Å². The highest BCUT2D eigenvalue weighted by molar-refractivity contribution is 6.31. The first-order valence-corrected chi connectivity index (χ1v) is 8.18. The summed E-state index contributed by atoms with van der Waals surface area (Å²) in [6, 6.07) is 7.21. The van der Waals surface area contributed by atoms with Crippen molar-refractivity contribution in [2.45, 2.75) is 6.92 Å². The zero-order valence-corrected chi connectivity index (χ0v) is 14.4. The van der Waals surface area contributed by atoms with Crippen LogP contribution in [0, 0.1) is 18.3 Å². The highest BCUT2D eigenvalue weighted by Gasteiger charge is 2.17. The number of anilines is 1. The third kappa shape index (κ3) is 4.71. The van der Waals surface area contributed by atoms with E-state index in [4.69, 9.17) is 16.7 Å². The van der Waals surface area contributed by atoms with Crippen LogP contribution in [-0.2, 0) is 4.79 Å². The van der Waals surface area contributed by atoms with Gasteiger partial charge in [-0.25, -0.2) is 0 Å². The molecule has 1 aromatic carbocycles. The minimum Gasteiger partial charge on any atom is -0.395 e. The molecule has 0 saturated carbocycles. The summed E-state index contributed by atoms with van der Waals surface area (Å²) in [4.78, 5) is 16.4. The molecule has 6 nitrogen and oxygen atoms in total. The number of amides is 1. The van der Waals surface area contributed by atoms with Crippen molar-refractivity contribution in [1.29, 1.82) is 5.26 Å². The van der Waals surface area contributed by atoms with Crippen LogP contribution in [0.5, 0.6) is 0 Å². The summed E-state index contributed by atoms with van der Waals surface area (Å²) >= 11 is 6.04. The average molecular weight is 349 g/mol. The number of nitrogens with zero attached hydrogens (tertiary/aromatic N) is 3. The van der Waals surface area contributed by atoms with Crippen LogP contribution in [0.15, 0.2) is 30.0 Å². The van der Waals surface area contributed by atoms with Gasteiger partial charge in [-0.1, -0.05) is 17.7 Å². The lowest BCUT2D eigenvalue weighted by Gasteiger charge is -2.33. The molecule has 2 rings (SSSR count). The summed E-state index contributed by atoms with van der Waals surface area (Å²) in [5.41, 5.74) is 1.42. The summed E-state index contributed by atoms with van der Waals surface area (Å²) in [6.07, 6.45) is 1.60. The Morgan fingerprint density at radius 2 is 2.12 bits per heavy atom. The molecule has 128 valence electrons. The van der Waals surface area contributed by atoms with Crippen LogP contribution in [0.1, 0.15) is 5.56 Å². The molecule has 0 atom stereocenters. The lowest BCUT2D eigenvalue weighted by Crippen LogP contribution is -2.45. The van der Waals surface area contributed by atoms with E-state index >= 15 is 0 Å². The number of aliphatic hydroxyl groups is 1. The van der Waals surface area contributed by atoms with E-state index in [9.17, 15) is 10.1 Å². The van der Waals surface area contributed by atoms with Gasteiger partial charge in [-0.3, -0.25) is 9.69 Å². The van der Waals surface area contributed by atoms with Crippen molar-refractivity contribution >= 4 is 23.2 Å². The molecule has 0 radical (unpaired) electrons. The molecule has 1 fully saturated rings. The van der Waals surface area contributed by atoms with Crippen LogP contribution < -0.4 is 5.32 Å². The number of nitriles is 1. The molecule has 0 spiro atoms. The lowest BCUT2D eigenvalue weighted by atomic mass is 10.2. The van der Waals surface area contributed by atoms with Crippen molar-refractivity contribution in [1.82, 2.24) is 9.80 Å². The Labute approximate surface area is 146 Å². The van der Waals surface area contributed by atoms with Gasteiger partial charge in [-0.2, -0.15) is 5.26 Å². The maximum absolute atomic E-state index is 12.3. The Morgan fingerprint density at radius 3 is 2.75 bits per heavy atom. The third-order valence-corrected chi connectivity index (χ3v) is 4.43. The highest BCUT2D eigenvalue weighted by Crippen LogP contribution is 2.23. The monoisotopic (exact) mass is 348 g/mol. The van der Waals surface area contributed by atoms with Crippen molar-refractivity contribution in [3.05, 3.63) is 40.6 Å². The SMILES string of the molecule is Cc1c(Cl)cccc1NC(=O)/C(C#N)=C\N1CCN(CCO)CC1. The van der Waals surface area contributed by atoms with Gasteiger partial charge in [0.05, 0.1) is 6.61 Å². The van der Waals surface area contributed by atoms with E-state index in [0.717, 1.165) is 18.7 Å². The highest BCUT2D eigenvalue weighted by atomic mass is 35.5. The fraction of sp³-hybridized carbons (Fsp3) is 0.412. The molecule has 7 heteroatoms. The van der Waals surface area contributed by atoms with E-state index in [0.29, 0.717) is 30.3 Å². The Balaban J connectivity index is 2.02. The Bertz CT molecular complexity index is 661. The number of carbonyl (C=O) groups is 1.